The molecule has 1 heterocycles. The first-order valence-electron chi connectivity index (χ1n) is 4.32. The topological polar surface area (TPSA) is 14.1 Å². The van der Waals surface area contributed by atoms with Crippen LogP contribution in [0.4, 0.5) is 0 Å². The highest BCUT2D eigenvalue weighted by Crippen LogP contribution is 1.86. The summed E-state index contributed by atoms with van der Waals surface area (Å²) >= 11 is 0. The fraction of sp³-hybridized carbons (Fsp3) is 0.500. The molecule has 0 fully saturated rings. The smallest absolute Gasteiger partial charge is 0.167 e. The van der Waals surface area contributed by atoms with E-state index in [1.807, 2.05) is 52.2 Å². The van der Waals surface area contributed by atoms with E-state index in [1.165, 1.54) is 5.56 Å². The van der Waals surface area contributed by atoms with E-state index in [0.29, 0.717) is 0 Å². The van der Waals surface area contributed by atoms with E-state index in [0.717, 1.165) is 0 Å². The molecule has 64 valence electrons. The molecule has 1 heteroatoms. The number of aryl methyl sites for hydroxylation is 1. The standard InChI is InChI=1S/C6H7N.2C2H6/c1-6-2-4-7-5-3-6;2*1-2/h2-5H,1H3;2*1-2H3/p+1. The Hall–Kier alpha value is -0.850. The molecule has 0 saturated heterocycles. The molecule has 0 atom stereocenters. The van der Waals surface area contributed by atoms with Crippen molar-refractivity contribution in [1.82, 2.24) is 0 Å². The van der Waals surface area contributed by atoms with E-state index in [9.17, 15) is 0 Å². The first kappa shape index (κ1) is 12.8. The number of aromatic amines is 1. The van der Waals surface area contributed by atoms with Crippen molar-refractivity contribution in [1.29, 1.82) is 0 Å². The highest BCUT2D eigenvalue weighted by Gasteiger charge is 1.78. The molecule has 0 aliphatic carbocycles. The normalized spacial score (nSPS) is 6.64. The molecule has 1 aromatic heterocycles. The van der Waals surface area contributed by atoms with Crippen LogP contribution in [-0.4, -0.2) is 0 Å². The number of hydrogen-bond acceptors (Lipinski definition) is 0. The molecule has 0 unspecified atom stereocenters. The maximum absolute atomic E-state index is 2.93. The van der Waals surface area contributed by atoms with Gasteiger partial charge in [-0.1, -0.05) is 27.7 Å². The second-order valence-corrected chi connectivity index (χ2v) is 1.58. The quantitative estimate of drug-likeness (QED) is 0.545. The molecule has 0 aliphatic heterocycles. The van der Waals surface area contributed by atoms with Gasteiger partial charge in [0.2, 0.25) is 0 Å². The molecule has 0 saturated carbocycles. The van der Waals surface area contributed by atoms with E-state index in [2.05, 4.69) is 11.9 Å². The van der Waals surface area contributed by atoms with Crippen LogP contribution in [0.3, 0.4) is 0 Å². The molecule has 0 bridgehead atoms. The lowest BCUT2D eigenvalue weighted by Crippen LogP contribution is -1.95. The van der Waals surface area contributed by atoms with Crippen molar-refractivity contribution in [2.45, 2.75) is 34.6 Å². The molecule has 1 aromatic rings. The van der Waals surface area contributed by atoms with E-state index in [-0.39, 0.29) is 0 Å². The molecule has 1 rings (SSSR count). The zero-order valence-electron chi connectivity index (χ0n) is 8.31. The van der Waals surface area contributed by atoms with Crippen LogP contribution < -0.4 is 4.98 Å². The van der Waals surface area contributed by atoms with Gasteiger partial charge in [-0.05, 0) is 12.5 Å². The summed E-state index contributed by atoms with van der Waals surface area (Å²) in [5.41, 5.74) is 1.29. The van der Waals surface area contributed by atoms with Gasteiger partial charge in [0.15, 0.2) is 12.4 Å². The lowest BCUT2D eigenvalue weighted by Gasteiger charge is -1.77. The summed E-state index contributed by atoms with van der Waals surface area (Å²) in [4.78, 5) is 2.93. The molecule has 0 aromatic carbocycles. The van der Waals surface area contributed by atoms with Gasteiger partial charge in [0, 0.05) is 12.1 Å². The molecule has 0 radical (unpaired) electrons. The van der Waals surface area contributed by atoms with E-state index < -0.39 is 0 Å². The third kappa shape index (κ3) is 9.15. The predicted octanol–water partition coefficient (Wildman–Crippen LogP) is 2.86. The summed E-state index contributed by atoms with van der Waals surface area (Å²) in [7, 11) is 0. The Morgan fingerprint density at radius 2 is 1.27 bits per heavy atom. The SMILES string of the molecule is CC.CC.Cc1cc[nH+]cc1. The van der Waals surface area contributed by atoms with Gasteiger partial charge in [0.05, 0.1) is 0 Å². The Balaban J connectivity index is 0. The van der Waals surface area contributed by atoms with Gasteiger partial charge in [-0.15, -0.1) is 0 Å². The minimum atomic E-state index is 1.29. The van der Waals surface area contributed by atoms with Crippen LogP contribution >= 0.6 is 0 Å². The average molecular weight is 154 g/mol. The van der Waals surface area contributed by atoms with Crippen LogP contribution in [0.25, 0.3) is 0 Å². The highest BCUT2D eigenvalue weighted by molar-refractivity contribution is 5.02. The Morgan fingerprint density at radius 1 is 0.909 bits per heavy atom. The zero-order valence-corrected chi connectivity index (χ0v) is 8.31. The van der Waals surface area contributed by atoms with Crippen LogP contribution in [0.1, 0.15) is 33.3 Å². The Bertz CT molecular complexity index is 135. The van der Waals surface area contributed by atoms with E-state index >= 15 is 0 Å². The van der Waals surface area contributed by atoms with Crippen molar-refractivity contribution in [3.63, 3.8) is 0 Å². The van der Waals surface area contributed by atoms with Gasteiger partial charge in [0.1, 0.15) is 0 Å². The van der Waals surface area contributed by atoms with Gasteiger partial charge in [-0.2, -0.15) is 0 Å². The number of nitrogens with one attached hydrogen (secondary N) is 1. The van der Waals surface area contributed by atoms with Gasteiger partial charge in [-0.3, -0.25) is 0 Å². The van der Waals surface area contributed by atoms with Crippen LogP contribution in [-0.2, 0) is 0 Å². The third-order valence-corrected chi connectivity index (χ3v) is 0.885. The summed E-state index contributed by atoms with van der Waals surface area (Å²) in [6.45, 7) is 10.1. The number of H-pyrrole nitrogens is 1. The molecule has 0 spiro atoms. The fourth-order valence-corrected chi connectivity index (χ4v) is 0.470. The van der Waals surface area contributed by atoms with Crippen LogP contribution in [0.5, 0.6) is 0 Å². The summed E-state index contributed by atoms with van der Waals surface area (Å²) in [5.74, 6) is 0. The van der Waals surface area contributed by atoms with Crippen LogP contribution in [0.15, 0.2) is 24.5 Å². The van der Waals surface area contributed by atoms with Gasteiger partial charge < -0.3 is 0 Å². The summed E-state index contributed by atoms with van der Waals surface area (Å²) in [6.07, 6.45) is 3.82. The minimum absolute atomic E-state index is 1.29. The summed E-state index contributed by atoms with van der Waals surface area (Å²) in [5, 5.41) is 0. The number of pyridine rings is 1. The van der Waals surface area contributed by atoms with Gasteiger partial charge in [0.25, 0.3) is 0 Å². The van der Waals surface area contributed by atoms with Crippen LogP contribution in [0.2, 0.25) is 0 Å². The molecule has 11 heavy (non-hydrogen) atoms. The highest BCUT2D eigenvalue weighted by atomic mass is 14.6. The van der Waals surface area contributed by atoms with Crippen LogP contribution in [0, 0.1) is 6.92 Å². The minimum Gasteiger partial charge on any atom is -0.218 e. The second-order valence-electron chi connectivity index (χ2n) is 1.58. The zero-order chi connectivity index (χ0) is 9.11. The molecular formula is C10H20N+. The predicted molar refractivity (Wildman–Crippen MR) is 50.4 cm³/mol. The number of rotatable bonds is 0. The van der Waals surface area contributed by atoms with E-state index in [1.54, 1.807) is 0 Å². The largest absolute Gasteiger partial charge is 0.218 e. The van der Waals surface area contributed by atoms with Crippen molar-refractivity contribution in [3.05, 3.63) is 30.1 Å². The van der Waals surface area contributed by atoms with E-state index in [4.69, 9.17) is 0 Å². The maximum atomic E-state index is 2.93. The fourth-order valence-electron chi connectivity index (χ4n) is 0.470. The Morgan fingerprint density at radius 3 is 1.45 bits per heavy atom. The summed E-state index contributed by atoms with van der Waals surface area (Å²) < 4.78 is 0. The first-order valence-corrected chi connectivity index (χ1v) is 4.32. The maximum Gasteiger partial charge on any atom is 0.167 e. The number of hydrogen-bond donors (Lipinski definition) is 0. The Labute approximate surface area is 70.5 Å². The lowest BCUT2D eigenvalue weighted by molar-refractivity contribution is -0.378. The average Bonchev–Trinajstić information content (AvgIpc) is 2.13. The lowest BCUT2D eigenvalue weighted by atomic mass is 10.3. The third-order valence-electron chi connectivity index (χ3n) is 0.885. The van der Waals surface area contributed by atoms with Gasteiger partial charge >= 0.3 is 0 Å². The van der Waals surface area contributed by atoms with Crippen molar-refractivity contribution >= 4 is 0 Å². The summed E-state index contributed by atoms with van der Waals surface area (Å²) in [6, 6.07) is 4.06. The van der Waals surface area contributed by atoms with Crippen molar-refractivity contribution in [2.24, 2.45) is 0 Å². The molecular weight excluding hydrogens is 134 g/mol. The van der Waals surface area contributed by atoms with Crippen molar-refractivity contribution < 1.29 is 4.98 Å². The monoisotopic (exact) mass is 154 g/mol. The molecule has 1 nitrogen and oxygen atoms in total. The molecule has 1 N–H and O–H groups in total. The van der Waals surface area contributed by atoms with Gasteiger partial charge in [-0.25, -0.2) is 4.98 Å². The van der Waals surface area contributed by atoms with Crippen molar-refractivity contribution in [2.75, 3.05) is 0 Å². The second kappa shape index (κ2) is 11.9. The molecule has 0 aliphatic rings. The Kier molecular flexibility index (Phi) is 13.8. The van der Waals surface area contributed by atoms with Crippen molar-refractivity contribution in [3.8, 4) is 0 Å². The first-order chi connectivity index (χ1) is 5.39. The molecule has 0 amide bonds. The number of aromatic nitrogens is 1.